The second-order valence-electron chi connectivity index (χ2n) is 4.71. The number of ether oxygens (including phenoxy) is 1. The summed E-state index contributed by atoms with van der Waals surface area (Å²) in [5.74, 6) is 0.232. The molecule has 0 unspecified atom stereocenters. The standard InChI is InChI=1S/C14H17Cl2NO3/c15-5-8-20-11-3-6-17(7-4-11)14(19)12-2-1-10(16)9-13(12)18/h1-2,9,11,18H,3-8H2. The fourth-order valence-electron chi connectivity index (χ4n) is 2.29. The van der Waals surface area contributed by atoms with E-state index in [1.165, 1.54) is 6.07 Å². The fourth-order valence-corrected chi connectivity index (χ4v) is 2.55. The van der Waals surface area contributed by atoms with Crippen LogP contribution in [0.4, 0.5) is 0 Å². The molecule has 6 heteroatoms. The summed E-state index contributed by atoms with van der Waals surface area (Å²) in [5.41, 5.74) is 0.287. The zero-order valence-electron chi connectivity index (χ0n) is 11.0. The highest BCUT2D eigenvalue weighted by Gasteiger charge is 2.25. The summed E-state index contributed by atoms with van der Waals surface area (Å²) in [7, 11) is 0. The van der Waals surface area contributed by atoms with Crippen LogP contribution in [0.5, 0.6) is 5.75 Å². The van der Waals surface area contributed by atoms with E-state index in [4.69, 9.17) is 27.9 Å². The van der Waals surface area contributed by atoms with Crippen molar-refractivity contribution in [2.45, 2.75) is 18.9 Å². The van der Waals surface area contributed by atoms with Gasteiger partial charge in [-0.25, -0.2) is 0 Å². The number of nitrogens with zero attached hydrogens (tertiary/aromatic N) is 1. The average Bonchev–Trinajstić information content (AvgIpc) is 2.45. The smallest absolute Gasteiger partial charge is 0.257 e. The lowest BCUT2D eigenvalue weighted by molar-refractivity contribution is 0.0153. The van der Waals surface area contributed by atoms with Gasteiger partial charge in [-0.3, -0.25) is 4.79 Å². The van der Waals surface area contributed by atoms with E-state index < -0.39 is 0 Å². The number of alkyl halides is 1. The average molecular weight is 318 g/mol. The first kappa shape index (κ1) is 15.4. The Morgan fingerprint density at radius 1 is 1.40 bits per heavy atom. The molecule has 0 radical (unpaired) electrons. The quantitative estimate of drug-likeness (QED) is 0.869. The zero-order chi connectivity index (χ0) is 14.5. The van der Waals surface area contributed by atoms with Gasteiger partial charge in [-0.2, -0.15) is 0 Å². The number of amides is 1. The predicted octanol–water partition coefficient (Wildman–Crippen LogP) is 2.91. The van der Waals surface area contributed by atoms with Crippen LogP contribution in [0, 0.1) is 0 Å². The normalized spacial score (nSPS) is 16.4. The van der Waals surface area contributed by atoms with Gasteiger partial charge in [-0.15, -0.1) is 11.6 Å². The van der Waals surface area contributed by atoms with E-state index in [0.717, 1.165) is 12.8 Å². The third-order valence-electron chi connectivity index (χ3n) is 3.35. The first-order valence-electron chi connectivity index (χ1n) is 6.57. The van der Waals surface area contributed by atoms with Crippen LogP contribution in [0.2, 0.25) is 5.02 Å². The summed E-state index contributed by atoms with van der Waals surface area (Å²) in [6, 6.07) is 4.53. The van der Waals surface area contributed by atoms with Crippen LogP contribution in [-0.4, -0.2) is 47.6 Å². The predicted molar refractivity (Wildman–Crippen MR) is 78.7 cm³/mol. The van der Waals surface area contributed by atoms with E-state index >= 15 is 0 Å². The van der Waals surface area contributed by atoms with Gasteiger partial charge in [-0.1, -0.05) is 11.6 Å². The van der Waals surface area contributed by atoms with Crippen LogP contribution in [-0.2, 0) is 4.74 Å². The molecule has 1 amide bonds. The lowest BCUT2D eigenvalue weighted by atomic mass is 10.1. The van der Waals surface area contributed by atoms with Crippen LogP contribution in [0.1, 0.15) is 23.2 Å². The first-order chi connectivity index (χ1) is 9.61. The molecule has 0 bridgehead atoms. The topological polar surface area (TPSA) is 49.8 Å². The summed E-state index contributed by atoms with van der Waals surface area (Å²) in [6.45, 7) is 1.78. The van der Waals surface area contributed by atoms with Crippen LogP contribution in [0.15, 0.2) is 18.2 Å². The molecule has 0 saturated carbocycles. The minimum atomic E-state index is -0.171. The molecule has 1 aromatic carbocycles. The molecule has 1 aliphatic heterocycles. The van der Waals surface area contributed by atoms with E-state index in [-0.39, 0.29) is 23.3 Å². The molecule has 1 fully saturated rings. The molecular weight excluding hydrogens is 301 g/mol. The van der Waals surface area contributed by atoms with Gasteiger partial charge in [0.1, 0.15) is 5.75 Å². The highest BCUT2D eigenvalue weighted by molar-refractivity contribution is 6.30. The van der Waals surface area contributed by atoms with Crippen molar-refractivity contribution in [3.8, 4) is 5.75 Å². The number of aromatic hydroxyl groups is 1. The minimum Gasteiger partial charge on any atom is -0.507 e. The third-order valence-corrected chi connectivity index (χ3v) is 3.74. The largest absolute Gasteiger partial charge is 0.507 e. The molecule has 1 N–H and O–H groups in total. The molecule has 0 atom stereocenters. The molecule has 20 heavy (non-hydrogen) atoms. The van der Waals surface area contributed by atoms with E-state index in [2.05, 4.69) is 0 Å². The molecular formula is C14H17Cl2NO3. The minimum absolute atomic E-state index is 0.0805. The highest BCUT2D eigenvalue weighted by atomic mass is 35.5. The van der Waals surface area contributed by atoms with Crippen LogP contribution >= 0.6 is 23.2 Å². The molecule has 1 saturated heterocycles. The van der Waals surface area contributed by atoms with Crippen molar-refractivity contribution in [2.24, 2.45) is 0 Å². The zero-order valence-corrected chi connectivity index (χ0v) is 12.5. The molecule has 110 valence electrons. The molecule has 1 aliphatic rings. The fraction of sp³-hybridized carbons (Fsp3) is 0.500. The summed E-state index contributed by atoms with van der Waals surface area (Å²) in [4.78, 5) is 14.0. The second kappa shape index (κ2) is 7.16. The number of benzene rings is 1. The van der Waals surface area contributed by atoms with Crippen molar-refractivity contribution < 1.29 is 14.6 Å². The van der Waals surface area contributed by atoms with Gasteiger partial charge < -0.3 is 14.7 Å². The van der Waals surface area contributed by atoms with Gasteiger partial charge in [0.25, 0.3) is 5.91 Å². The maximum atomic E-state index is 12.3. The van der Waals surface area contributed by atoms with Crippen molar-refractivity contribution in [1.82, 2.24) is 4.90 Å². The van der Waals surface area contributed by atoms with E-state index in [9.17, 15) is 9.90 Å². The third kappa shape index (κ3) is 3.78. The number of likely N-dealkylation sites (tertiary alicyclic amines) is 1. The lowest BCUT2D eigenvalue weighted by Crippen LogP contribution is -2.41. The monoisotopic (exact) mass is 317 g/mol. The number of rotatable bonds is 4. The lowest BCUT2D eigenvalue weighted by Gasteiger charge is -2.32. The summed E-state index contributed by atoms with van der Waals surface area (Å²) < 4.78 is 5.57. The Morgan fingerprint density at radius 3 is 2.70 bits per heavy atom. The first-order valence-corrected chi connectivity index (χ1v) is 7.48. The van der Waals surface area contributed by atoms with Gasteiger partial charge in [0.15, 0.2) is 0 Å². The van der Waals surface area contributed by atoms with Gasteiger partial charge in [0.05, 0.1) is 18.3 Å². The Morgan fingerprint density at radius 2 is 2.10 bits per heavy atom. The molecule has 4 nitrogen and oxygen atoms in total. The van der Waals surface area contributed by atoms with Crippen molar-refractivity contribution in [2.75, 3.05) is 25.6 Å². The number of carbonyl (C=O) groups excluding carboxylic acids is 1. The summed E-state index contributed by atoms with van der Waals surface area (Å²) in [6.07, 6.45) is 1.74. The van der Waals surface area contributed by atoms with Crippen LogP contribution in [0.25, 0.3) is 0 Å². The molecule has 0 aliphatic carbocycles. The number of phenolic OH excluding ortho intramolecular Hbond substituents is 1. The Labute approximate surface area is 128 Å². The van der Waals surface area contributed by atoms with Gasteiger partial charge in [0, 0.05) is 24.0 Å². The highest BCUT2D eigenvalue weighted by Crippen LogP contribution is 2.25. The maximum absolute atomic E-state index is 12.3. The van der Waals surface area contributed by atoms with Crippen LogP contribution in [0.3, 0.4) is 0 Å². The van der Waals surface area contributed by atoms with Crippen molar-refractivity contribution in [3.63, 3.8) is 0 Å². The second-order valence-corrected chi connectivity index (χ2v) is 5.53. The van der Waals surface area contributed by atoms with Crippen molar-refractivity contribution in [3.05, 3.63) is 28.8 Å². The van der Waals surface area contributed by atoms with Gasteiger partial charge in [0.2, 0.25) is 0 Å². The number of phenols is 1. The number of hydrogen-bond acceptors (Lipinski definition) is 3. The van der Waals surface area contributed by atoms with E-state index in [1.54, 1.807) is 17.0 Å². The number of piperidine rings is 1. The molecule has 0 aromatic heterocycles. The van der Waals surface area contributed by atoms with Gasteiger partial charge >= 0.3 is 0 Å². The maximum Gasteiger partial charge on any atom is 0.257 e. The number of halogens is 2. The van der Waals surface area contributed by atoms with E-state index in [1.807, 2.05) is 0 Å². The van der Waals surface area contributed by atoms with Crippen molar-refractivity contribution in [1.29, 1.82) is 0 Å². The Balaban J connectivity index is 1.94. The molecule has 2 rings (SSSR count). The Hall–Kier alpha value is -0.970. The Kier molecular flexibility index (Phi) is 5.52. The number of hydrogen-bond donors (Lipinski definition) is 1. The summed E-state index contributed by atoms with van der Waals surface area (Å²) in [5, 5.41) is 10.2. The van der Waals surface area contributed by atoms with Gasteiger partial charge in [-0.05, 0) is 31.0 Å². The molecule has 1 heterocycles. The number of carbonyl (C=O) groups is 1. The van der Waals surface area contributed by atoms with E-state index in [0.29, 0.717) is 30.6 Å². The molecule has 1 aromatic rings. The van der Waals surface area contributed by atoms with Crippen molar-refractivity contribution >= 4 is 29.1 Å². The molecule has 0 spiro atoms. The van der Waals surface area contributed by atoms with Crippen LogP contribution < -0.4 is 0 Å². The summed E-state index contributed by atoms with van der Waals surface area (Å²) >= 11 is 11.3. The SMILES string of the molecule is O=C(c1ccc(Cl)cc1O)N1CCC(OCCCl)CC1. The Bertz CT molecular complexity index is 473.